The molecule has 0 aliphatic carbocycles. The van der Waals surface area contributed by atoms with Crippen LogP contribution in [0.2, 0.25) is 0 Å². The third kappa shape index (κ3) is 4.09. The maximum Gasteiger partial charge on any atom is 0.263 e. The number of likely N-dealkylation sites (tertiary alicyclic amines) is 1. The van der Waals surface area contributed by atoms with Gasteiger partial charge in [0.25, 0.3) is 5.91 Å². The number of carbonyl (C=O) groups is 1. The minimum absolute atomic E-state index is 0.166. The number of nitrogens with zero attached hydrogens (tertiary/aromatic N) is 1. The summed E-state index contributed by atoms with van der Waals surface area (Å²) in [6.07, 6.45) is 4.82. The standard InChI is InChI=1S/C17H24N2OS/c1-3-5-14-7-10-19(11-8-14)17(20)16-12-13(2)15(21-16)6-4-9-18/h12,14H,3,5,7-11,18H2,1-2H3. The number of piperidine rings is 1. The lowest BCUT2D eigenvalue weighted by atomic mass is 9.92. The van der Waals surface area contributed by atoms with E-state index in [0.717, 1.165) is 47.2 Å². The van der Waals surface area contributed by atoms with Crippen LogP contribution in [0.4, 0.5) is 0 Å². The molecular formula is C17H24N2OS. The molecule has 21 heavy (non-hydrogen) atoms. The van der Waals surface area contributed by atoms with Crippen LogP contribution >= 0.6 is 11.3 Å². The molecule has 1 aliphatic heterocycles. The quantitative estimate of drug-likeness (QED) is 0.873. The lowest BCUT2D eigenvalue weighted by Gasteiger charge is -2.31. The van der Waals surface area contributed by atoms with Crippen molar-refractivity contribution in [3.05, 3.63) is 21.4 Å². The Hall–Kier alpha value is -1.31. The van der Waals surface area contributed by atoms with E-state index in [4.69, 9.17) is 5.73 Å². The fourth-order valence-corrected chi connectivity index (χ4v) is 3.85. The van der Waals surface area contributed by atoms with Gasteiger partial charge in [-0.25, -0.2) is 0 Å². The van der Waals surface area contributed by atoms with Gasteiger partial charge in [0.15, 0.2) is 0 Å². The van der Waals surface area contributed by atoms with Gasteiger partial charge < -0.3 is 10.6 Å². The highest BCUT2D eigenvalue weighted by Crippen LogP contribution is 2.26. The smallest absolute Gasteiger partial charge is 0.263 e. The molecule has 114 valence electrons. The Morgan fingerprint density at radius 2 is 2.19 bits per heavy atom. The Kier molecular flexibility index (Phi) is 5.84. The van der Waals surface area contributed by atoms with Crippen LogP contribution in [0, 0.1) is 24.7 Å². The molecule has 4 heteroatoms. The average molecular weight is 304 g/mol. The van der Waals surface area contributed by atoms with E-state index in [1.807, 2.05) is 17.9 Å². The van der Waals surface area contributed by atoms with Crippen LogP contribution in [-0.2, 0) is 0 Å². The lowest BCUT2D eigenvalue weighted by molar-refractivity contribution is 0.0691. The van der Waals surface area contributed by atoms with Gasteiger partial charge in [0.2, 0.25) is 0 Å². The fourth-order valence-electron chi connectivity index (χ4n) is 2.83. The SMILES string of the molecule is CCCC1CCN(C(=O)c2cc(C)c(C#CCN)s2)CC1. The summed E-state index contributed by atoms with van der Waals surface area (Å²) >= 11 is 1.49. The van der Waals surface area contributed by atoms with Gasteiger partial charge in [-0.2, -0.15) is 0 Å². The number of carbonyl (C=O) groups excluding carboxylic acids is 1. The van der Waals surface area contributed by atoms with Gasteiger partial charge in [-0.05, 0) is 37.3 Å². The number of nitrogens with two attached hydrogens (primary N) is 1. The van der Waals surface area contributed by atoms with Gasteiger partial charge in [-0.3, -0.25) is 4.79 Å². The zero-order valence-electron chi connectivity index (χ0n) is 12.9. The largest absolute Gasteiger partial charge is 0.338 e. The van der Waals surface area contributed by atoms with Crippen molar-refractivity contribution in [1.82, 2.24) is 4.90 Å². The van der Waals surface area contributed by atoms with Crippen molar-refractivity contribution in [2.75, 3.05) is 19.6 Å². The van der Waals surface area contributed by atoms with E-state index in [1.165, 1.54) is 24.2 Å². The molecule has 0 radical (unpaired) electrons. The van der Waals surface area contributed by atoms with Crippen molar-refractivity contribution in [1.29, 1.82) is 0 Å². The highest BCUT2D eigenvalue weighted by molar-refractivity contribution is 7.14. The molecule has 2 heterocycles. The molecule has 0 atom stereocenters. The average Bonchev–Trinajstić information content (AvgIpc) is 2.86. The number of hydrogen-bond acceptors (Lipinski definition) is 3. The van der Waals surface area contributed by atoms with Gasteiger partial charge in [-0.15, -0.1) is 11.3 Å². The molecular weight excluding hydrogens is 280 g/mol. The predicted octanol–water partition coefficient (Wildman–Crippen LogP) is 3.02. The van der Waals surface area contributed by atoms with Crippen LogP contribution < -0.4 is 5.73 Å². The second-order valence-electron chi connectivity index (χ2n) is 5.65. The second kappa shape index (κ2) is 7.63. The molecule has 1 fully saturated rings. The van der Waals surface area contributed by atoms with Gasteiger partial charge in [0.05, 0.1) is 16.3 Å². The van der Waals surface area contributed by atoms with Gasteiger partial charge >= 0.3 is 0 Å². The van der Waals surface area contributed by atoms with Crippen LogP contribution in [0.25, 0.3) is 0 Å². The Morgan fingerprint density at radius 3 is 2.81 bits per heavy atom. The number of hydrogen-bond donors (Lipinski definition) is 1. The number of rotatable bonds is 3. The lowest BCUT2D eigenvalue weighted by Crippen LogP contribution is -2.38. The van der Waals surface area contributed by atoms with E-state index in [1.54, 1.807) is 0 Å². The minimum atomic E-state index is 0.166. The normalized spacial score (nSPS) is 15.7. The Labute approximate surface area is 131 Å². The summed E-state index contributed by atoms with van der Waals surface area (Å²) in [6, 6.07) is 1.96. The highest BCUT2D eigenvalue weighted by atomic mass is 32.1. The molecule has 0 unspecified atom stereocenters. The summed E-state index contributed by atoms with van der Waals surface area (Å²) in [7, 11) is 0. The van der Waals surface area contributed by atoms with E-state index in [2.05, 4.69) is 18.8 Å². The molecule has 0 spiro atoms. The van der Waals surface area contributed by atoms with Crippen molar-refractivity contribution >= 4 is 17.2 Å². The fraction of sp³-hybridized carbons (Fsp3) is 0.588. The van der Waals surface area contributed by atoms with E-state index >= 15 is 0 Å². The molecule has 2 N–H and O–H groups in total. The van der Waals surface area contributed by atoms with Gasteiger partial charge in [-0.1, -0.05) is 31.6 Å². The zero-order chi connectivity index (χ0) is 15.2. The van der Waals surface area contributed by atoms with Crippen LogP contribution in [-0.4, -0.2) is 30.4 Å². The zero-order valence-corrected chi connectivity index (χ0v) is 13.8. The molecule has 0 saturated carbocycles. The number of aryl methyl sites for hydroxylation is 1. The Balaban J connectivity index is 2.01. The maximum atomic E-state index is 12.6. The second-order valence-corrected chi connectivity index (χ2v) is 6.71. The molecule has 1 aromatic heterocycles. The summed E-state index contributed by atoms with van der Waals surface area (Å²) < 4.78 is 0. The topological polar surface area (TPSA) is 46.3 Å². The van der Waals surface area contributed by atoms with E-state index in [-0.39, 0.29) is 5.91 Å². The number of thiophene rings is 1. The third-order valence-electron chi connectivity index (χ3n) is 4.03. The molecule has 0 aromatic carbocycles. The molecule has 1 aromatic rings. The van der Waals surface area contributed by atoms with Crippen LogP contribution in [0.5, 0.6) is 0 Å². The van der Waals surface area contributed by atoms with Crippen molar-refractivity contribution in [2.24, 2.45) is 11.7 Å². The van der Waals surface area contributed by atoms with Crippen LogP contribution in [0.15, 0.2) is 6.07 Å². The molecule has 1 aliphatic rings. The van der Waals surface area contributed by atoms with Crippen molar-refractivity contribution < 1.29 is 4.79 Å². The Bertz CT molecular complexity index is 545. The van der Waals surface area contributed by atoms with Crippen LogP contribution in [0.1, 0.15) is 52.7 Å². The molecule has 0 bridgehead atoms. The summed E-state index contributed by atoms with van der Waals surface area (Å²) in [5.74, 6) is 6.87. The van der Waals surface area contributed by atoms with Crippen molar-refractivity contribution in [3.63, 3.8) is 0 Å². The molecule has 1 amide bonds. The first-order valence-electron chi connectivity index (χ1n) is 7.74. The summed E-state index contributed by atoms with van der Waals surface area (Å²) in [6.45, 7) is 6.37. The first-order valence-corrected chi connectivity index (χ1v) is 8.56. The monoisotopic (exact) mass is 304 g/mol. The predicted molar refractivity (Wildman–Crippen MR) is 88.5 cm³/mol. The van der Waals surface area contributed by atoms with Gasteiger partial charge in [0.1, 0.15) is 0 Å². The molecule has 2 rings (SSSR count). The number of amides is 1. The Morgan fingerprint density at radius 1 is 1.48 bits per heavy atom. The van der Waals surface area contributed by atoms with Gasteiger partial charge in [0, 0.05) is 13.1 Å². The van der Waals surface area contributed by atoms with E-state index in [9.17, 15) is 4.79 Å². The first-order chi connectivity index (χ1) is 10.2. The van der Waals surface area contributed by atoms with Crippen LogP contribution in [0.3, 0.4) is 0 Å². The third-order valence-corrected chi connectivity index (χ3v) is 5.17. The summed E-state index contributed by atoms with van der Waals surface area (Å²) in [4.78, 5) is 16.3. The maximum absolute atomic E-state index is 12.6. The molecule has 3 nitrogen and oxygen atoms in total. The molecule has 1 saturated heterocycles. The summed E-state index contributed by atoms with van der Waals surface area (Å²) in [5, 5.41) is 0. The summed E-state index contributed by atoms with van der Waals surface area (Å²) in [5.41, 5.74) is 6.48. The van der Waals surface area contributed by atoms with E-state index < -0.39 is 0 Å². The van der Waals surface area contributed by atoms with Crippen molar-refractivity contribution in [2.45, 2.75) is 39.5 Å². The minimum Gasteiger partial charge on any atom is -0.338 e. The first kappa shape index (κ1) is 16.1. The van der Waals surface area contributed by atoms with E-state index in [0.29, 0.717) is 6.54 Å². The highest BCUT2D eigenvalue weighted by Gasteiger charge is 2.24. The van der Waals surface area contributed by atoms with Crippen molar-refractivity contribution in [3.8, 4) is 11.8 Å².